The number of halogens is 3. The molecule has 1 aromatic carbocycles. The normalized spacial score (nSPS) is 17.7. The van der Waals surface area contributed by atoms with Gasteiger partial charge in [0.15, 0.2) is 0 Å². The van der Waals surface area contributed by atoms with Crippen molar-refractivity contribution in [1.29, 1.82) is 0 Å². The summed E-state index contributed by atoms with van der Waals surface area (Å²) in [5.74, 6) is -1.28. The van der Waals surface area contributed by atoms with Gasteiger partial charge in [0.2, 0.25) is 10.0 Å². The van der Waals surface area contributed by atoms with E-state index in [1.165, 1.54) is 0 Å². The highest BCUT2D eigenvalue weighted by atomic mass is 79.9. The molecule has 0 aliphatic heterocycles. The second-order valence-electron chi connectivity index (χ2n) is 4.28. The number of alkyl halides is 1. The Morgan fingerprint density at radius 2 is 2.06 bits per heavy atom. The summed E-state index contributed by atoms with van der Waals surface area (Å²) in [7, 11) is -4.01. The van der Waals surface area contributed by atoms with Gasteiger partial charge >= 0.3 is 0 Å². The third-order valence-corrected chi connectivity index (χ3v) is 5.29. The Hall–Kier alpha value is -0.530. The molecule has 1 aliphatic carbocycles. The average Bonchev–Trinajstić information content (AvgIpc) is 3.13. The molecule has 1 fully saturated rings. The highest BCUT2D eigenvalue weighted by molar-refractivity contribution is 9.09. The van der Waals surface area contributed by atoms with Gasteiger partial charge in [-0.15, -0.1) is 0 Å². The first-order chi connectivity index (χ1) is 8.40. The molecule has 2 rings (SSSR count). The maximum Gasteiger partial charge on any atom is 0.243 e. The van der Waals surface area contributed by atoms with Crippen LogP contribution in [0, 0.1) is 17.6 Å². The first-order valence-electron chi connectivity index (χ1n) is 5.49. The van der Waals surface area contributed by atoms with Crippen molar-refractivity contribution < 1.29 is 17.2 Å². The minimum Gasteiger partial charge on any atom is -0.210 e. The van der Waals surface area contributed by atoms with E-state index in [4.69, 9.17) is 0 Å². The van der Waals surface area contributed by atoms with Crippen LogP contribution >= 0.6 is 15.9 Å². The lowest BCUT2D eigenvalue weighted by Crippen LogP contribution is -2.31. The van der Waals surface area contributed by atoms with Gasteiger partial charge in [-0.3, -0.25) is 0 Å². The molecule has 0 amide bonds. The molecule has 0 radical (unpaired) electrons. The van der Waals surface area contributed by atoms with Crippen LogP contribution < -0.4 is 4.72 Å². The zero-order valence-corrected chi connectivity index (χ0v) is 11.8. The monoisotopic (exact) mass is 339 g/mol. The molecule has 3 nitrogen and oxygen atoms in total. The van der Waals surface area contributed by atoms with E-state index in [0.717, 1.165) is 25.0 Å². The largest absolute Gasteiger partial charge is 0.243 e. The summed E-state index contributed by atoms with van der Waals surface area (Å²) >= 11 is 3.37. The van der Waals surface area contributed by atoms with Crippen LogP contribution in [0.5, 0.6) is 0 Å². The van der Waals surface area contributed by atoms with E-state index in [1.54, 1.807) is 0 Å². The maximum atomic E-state index is 13.4. The van der Waals surface area contributed by atoms with E-state index in [2.05, 4.69) is 20.7 Å². The quantitative estimate of drug-likeness (QED) is 0.837. The van der Waals surface area contributed by atoms with Gasteiger partial charge in [-0.25, -0.2) is 21.9 Å². The molecule has 1 unspecified atom stereocenters. The summed E-state index contributed by atoms with van der Waals surface area (Å²) < 4.78 is 52.2. The smallest absolute Gasteiger partial charge is 0.210 e. The molecule has 0 aromatic heterocycles. The number of benzene rings is 1. The number of hydrogen-bond acceptors (Lipinski definition) is 2. The average molecular weight is 340 g/mol. The Balaban J connectivity index is 2.11. The SMILES string of the molecule is O=S(=O)(NCC(Br)C1CC1)c1cc(F)ccc1F. The van der Waals surface area contributed by atoms with E-state index in [0.29, 0.717) is 12.0 Å². The molecular weight excluding hydrogens is 328 g/mol. The van der Waals surface area contributed by atoms with Crippen molar-refractivity contribution in [3.8, 4) is 0 Å². The molecule has 1 aromatic rings. The molecule has 7 heteroatoms. The summed E-state index contributed by atoms with van der Waals surface area (Å²) in [4.78, 5) is -0.623. The standard InChI is InChI=1S/C11H12BrF2NO2S/c12-9(7-1-2-7)6-15-18(16,17)11-5-8(13)3-4-10(11)14/h3-5,7,9,15H,1-2,6H2. The molecule has 1 N–H and O–H groups in total. The van der Waals surface area contributed by atoms with Crippen LogP contribution in [0.3, 0.4) is 0 Å². The lowest BCUT2D eigenvalue weighted by atomic mass is 10.3. The number of sulfonamides is 1. The molecule has 18 heavy (non-hydrogen) atoms. The minimum absolute atomic E-state index is 0.0314. The van der Waals surface area contributed by atoms with Crippen molar-refractivity contribution in [2.45, 2.75) is 22.6 Å². The van der Waals surface area contributed by atoms with Gasteiger partial charge in [0, 0.05) is 11.4 Å². The predicted molar refractivity (Wildman–Crippen MR) is 67.0 cm³/mol. The third-order valence-electron chi connectivity index (χ3n) is 2.78. The molecule has 0 bridgehead atoms. The molecule has 1 aliphatic rings. The van der Waals surface area contributed by atoms with Crippen LogP contribution in [0.4, 0.5) is 8.78 Å². The Kier molecular flexibility index (Phi) is 4.03. The predicted octanol–water partition coefficient (Wildman–Crippen LogP) is 2.42. The van der Waals surface area contributed by atoms with Crippen LogP contribution in [-0.2, 0) is 10.0 Å². The fraction of sp³-hybridized carbons (Fsp3) is 0.455. The van der Waals surface area contributed by atoms with Crippen molar-refractivity contribution in [2.75, 3.05) is 6.54 Å². The Bertz CT molecular complexity index is 546. The summed E-state index contributed by atoms with van der Waals surface area (Å²) in [6.45, 7) is 0.170. The third kappa shape index (κ3) is 3.27. The van der Waals surface area contributed by atoms with Crippen LogP contribution in [0.2, 0.25) is 0 Å². The van der Waals surface area contributed by atoms with Crippen LogP contribution in [0.1, 0.15) is 12.8 Å². The molecule has 0 spiro atoms. The molecule has 0 heterocycles. The molecule has 1 atom stereocenters. The lowest BCUT2D eigenvalue weighted by molar-refractivity contribution is 0.544. The fourth-order valence-corrected chi connectivity index (χ4v) is 3.63. The van der Waals surface area contributed by atoms with Crippen molar-refractivity contribution >= 4 is 26.0 Å². The molecule has 0 saturated heterocycles. The van der Waals surface area contributed by atoms with E-state index in [9.17, 15) is 17.2 Å². The van der Waals surface area contributed by atoms with E-state index >= 15 is 0 Å². The van der Waals surface area contributed by atoms with Crippen LogP contribution in [0.25, 0.3) is 0 Å². The highest BCUT2D eigenvalue weighted by Gasteiger charge is 2.30. The minimum atomic E-state index is -4.01. The van der Waals surface area contributed by atoms with Crippen molar-refractivity contribution in [2.24, 2.45) is 5.92 Å². The first-order valence-corrected chi connectivity index (χ1v) is 7.89. The maximum absolute atomic E-state index is 13.4. The van der Waals surface area contributed by atoms with Crippen molar-refractivity contribution in [3.63, 3.8) is 0 Å². The van der Waals surface area contributed by atoms with Crippen LogP contribution in [0.15, 0.2) is 23.1 Å². The Morgan fingerprint density at radius 1 is 1.39 bits per heavy atom. The summed E-state index contributed by atoms with van der Waals surface area (Å²) in [5, 5.41) is 0. The van der Waals surface area contributed by atoms with Gasteiger partial charge in [-0.2, -0.15) is 0 Å². The number of nitrogens with one attached hydrogen (secondary N) is 1. The number of rotatable bonds is 5. The van der Waals surface area contributed by atoms with E-state index in [1.807, 2.05) is 0 Å². The van der Waals surface area contributed by atoms with E-state index < -0.39 is 26.6 Å². The van der Waals surface area contributed by atoms with Gasteiger partial charge in [0.25, 0.3) is 0 Å². The van der Waals surface area contributed by atoms with Gasteiger partial charge < -0.3 is 0 Å². The van der Waals surface area contributed by atoms with Crippen molar-refractivity contribution in [1.82, 2.24) is 4.72 Å². The fourth-order valence-electron chi connectivity index (χ4n) is 1.57. The molecule has 100 valence electrons. The van der Waals surface area contributed by atoms with Gasteiger partial charge in [-0.05, 0) is 37.0 Å². The lowest BCUT2D eigenvalue weighted by Gasteiger charge is -2.11. The second-order valence-corrected chi connectivity index (χ2v) is 7.19. The van der Waals surface area contributed by atoms with E-state index in [-0.39, 0.29) is 11.4 Å². The Morgan fingerprint density at radius 3 is 2.67 bits per heavy atom. The Labute approximate surface area is 113 Å². The second kappa shape index (κ2) is 5.22. The topological polar surface area (TPSA) is 46.2 Å². The summed E-state index contributed by atoms with van der Waals surface area (Å²) in [6, 6.07) is 2.36. The van der Waals surface area contributed by atoms with Crippen molar-refractivity contribution in [3.05, 3.63) is 29.8 Å². The number of hydrogen-bond donors (Lipinski definition) is 1. The zero-order chi connectivity index (χ0) is 13.3. The summed E-state index contributed by atoms with van der Waals surface area (Å²) in [5.41, 5.74) is 0. The highest BCUT2D eigenvalue weighted by Crippen LogP contribution is 2.36. The zero-order valence-electron chi connectivity index (χ0n) is 9.37. The van der Waals surface area contributed by atoms with Gasteiger partial charge in [0.1, 0.15) is 16.5 Å². The first kappa shape index (κ1) is 13.9. The van der Waals surface area contributed by atoms with Gasteiger partial charge in [-0.1, -0.05) is 15.9 Å². The van der Waals surface area contributed by atoms with Gasteiger partial charge in [0.05, 0.1) is 0 Å². The summed E-state index contributed by atoms with van der Waals surface area (Å²) in [6.07, 6.45) is 2.12. The molecule has 1 saturated carbocycles. The van der Waals surface area contributed by atoms with Crippen LogP contribution in [-0.4, -0.2) is 19.8 Å². The molecular formula is C11H12BrF2NO2S.